The molecule has 7 unspecified atom stereocenters. The summed E-state index contributed by atoms with van der Waals surface area (Å²) >= 11 is 0. The molecule has 0 aliphatic carbocycles. The Morgan fingerprint density at radius 3 is 1.58 bits per heavy atom. The monoisotopic (exact) mass is 804 g/mol. The summed E-state index contributed by atoms with van der Waals surface area (Å²) in [6.07, 6.45) is 0.965. The summed E-state index contributed by atoms with van der Waals surface area (Å²) in [5.74, 6) is -5.19. The van der Waals surface area contributed by atoms with E-state index < -0.39 is 77.7 Å². The zero-order valence-electron chi connectivity index (χ0n) is 34.1. The van der Waals surface area contributed by atoms with Crippen LogP contribution in [0.25, 0.3) is 0 Å². The van der Waals surface area contributed by atoms with Crippen LogP contribution < -0.4 is 49.5 Å². The number of guanidine groups is 2. The zero-order chi connectivity index (χ0) is 43.1. The van der Waals surface area contributed by atoms with Crippen molar-refractivity contribution >= 4 is 47.6 Å². The number of aliphatic carboxylic acids is 1. The fourth-order valence-corrected chi connectivity index (χ4v) is 5.58. The minimum atomic E-state index is -1.22. The lowest BCUT2D eigenvalue weighted by Gasteiger charge is -2.30. The van der Waals surface area contributed by atoms with Gasteiger partial charge in [0.25, 0.3) is 0 Å². The van der Waals surface area contributed by atoms with Crippen molar-refractivity contribution in [2.75, 3.05) is 13.1 Å². The number of nitrogens with one attached hydrogen (secondary N) is 5. The van der Waals surface area contributed by atoms with Gasteiger partial charge in [0, 0.05) is 13.1 Å². The maximum Gasteiger partial charge on any atom is 0.408 e. The third kappa shape index (κ3) is 19.7. The van der Waals surface area contributed by atoms with Crippen LogP contribution in [0.5, 0.6) is 0 Å². The van der Waals surface area contributed by atoms with E-state index in [0.29, 0.717) is 19.3 Å². The third-order valence-corrected chi connectivity index (χ3v) is 9.25. The lowest BCUT2D eigenvalue weighted by Crippen LogP contribution is -2.60. The highest BCUT2D eigenvalue weighted by Gasteiger charge is 2.35. The topological polar surface area (TPSA) is 321 Å². The van der Waals surface area contributed by atoms with Crippen LogP contribution in [0.3, 0.4) is 0 Å². The molecule has 1 aromatic carbocycles. The molecule has 0 bridgehead atoms. The highest BCUT2D eigenvalue weighted by atomic mass is 16.5. The second-order valence-corrected chi connectivity index (χ2v) is 14.5. The molecule has 0 spiro atoms. The molecule has 0 aromatic heterocycles. The summed E-state index contributed by atoms with van der Waals surface area (Å²) in [5.41, 5.74) is 22.5. The number of aliphatic imine (C=N–C) groups is 2. The van der Waals surface area contributed by atoms with Gasteiger partial charge in [0.15, 0.2) is 11.9 Å². The average molecular weight is 804 g/mol. The summed E-state index contributed by atoms with van der Waals surface area (Å²) in [6, 6.07) is 3.14. The number of carbonyl (C=O) groups is 6. The smallest absolute Gasteiger partial charge is 0.408 e. The van der Waals surface area contributed by atoms with Crippen LogP contribution in [0.4, 0.5) is 4.79 Å². The van der Waals surface area contributed by atoms with Gasteiger partial charge in [0.2, 0.25) is 23.6 Å². The number of nitrogens with two attached hydrogens (primary N) is 4. The summed E-state index contributed by atoms with van der Waals surface area (Å²) < 4.78 is 5.33. The Bertz CT molecular complexity index is 1500. The Balaban J connectivity index is 3.30. The number of carboxylic acids is 1. The molecule has 0 aliphatic heterocycles. The molecule has 7 atom stereocenters. The van der Waals surface area contributed by atoms with Gasteiger partial charge in [-0.25, -0.2) is 9.59 Å². The number of hydrogen-bond acceptors (Lipinski definition) is 9. The van der Waals surface area contributed by atoms with Crippen LogP contribution in [0, 0.1) is 17.8 Å². The molecule has 0 radical (unpaired) electrons. The number of carboxylic acid groups (broad SMARTS) is 1. The number of amides is 5. The van der Waals surface area contributed by atoms with Crippen molar-refractivity contribution in [3.8, 4) is 0 Å². The zero-order valence-corrected chi connectivity index (χ0v) is 34.1. The first-order valence-electron chi connectivity index (χ1n) is 19.4. The summed E-state index contributed by atoms with van der Waals surface area (Å²) in [5, 5.41) is 23.1. The van der Waals surface area contributed by atoms with Crippen molar-refractivity contribution in [2.45, 2.75) is 123 Å². The molecular formula is C38H65N11O8. The van der Waals surface area contributed by atoms with Crippen LogP contribution in [-0.4, -0.2) is 96.0 Å². The number of carbonyl (C=O) groups excluding carboxylic acids is 5. The number of ether oxygens (including phenoxy) is 1. The molecule has 1 rings (SSSR count). The van der Waals surface area contributed by atoms with Crippen molar-refractivity contribution in [3.63, 3.8) is 0 Å². The maximum atomic E-state index is 14.0. The van der Waals surface area contributed by atoms with Gasteiger partial charge in [-0.15, -0.1) is 0 Å². The molecular weight excluding hydrogens is 738 g/mol. The predicted molar refractivity (Wildman–Crippen MR) is 217 cm³/mol. The lowest BCUT2D eigenvalue weighted by molar-refractivity contribution is -0.144. The average Bonchev–Trinajstić information content (AvgIpc) is 3.16. The highest BCUT2D eigenvalue weighted by molar-refractivity contribution is 5.96. The van der Waals surface area contributed by atoms with Crippen molar-refractivity contribution < 1.29 is 38.6 Å². The van der Waals surface area contributed by atoms with E-state index >= 15 is 0 Å². The fourth-order valence-electron chi connectivity index (χ4n) is 5.58. The molecule has 57 heavy (non-hydrogen) atoms. The van der Waals surface area contributed by atoms with Crippen molar-refractivity contribution in [1.29, 1.82) is 0 Å². The number of nitrogens with zero attached hydrogens (tertiary/aromatic N) is 2. The van der Waals surface area contributed by atoms with Gasteiger partial charge in [0.1, 0.15) is 36.8 Å². The van der Waals surface area contributed by atoms with E-state index in [4.69, 9.17) is 27.7 Å². The SMILES string of the molecule is CCC(C)C(NC(=O)C(CCCN=C(N)N)NC(=O)C(CC(C)C)NC(=O)C(NC(=O)C(CCCN=C(N)N)NC(=O)OCc1ccccc1)C(C)CC)C(=O)O. The Kier molecular flexibility index (Phi) is 22.8. The second-order valence-electron chi connectivity index (χ2n) is 14.5. The number of alkyl carbamates (subject to hydrolysis) is 1. The molecule has 0 aliphatic rings. The molecule has 5 amide bonds. The third-order valence-electron chi connectivity index (χ3n) is 9.25. The van der Waals surface area contributed by atoms with E-state index in [-0.39, 0.29) is 63.2 Å². The molecule has 19 heteroatoms. The summed E-state index contributed by atoms with van der Waals surface area (Å²) in [7, 11) is 0. The van der Waals surface area contributed by atoms with E-state index in [1.165, 1.54) is 0 Å². The van der Waals surface area contributed by atoms with E-state index in [0.717, 1.165) is 5.56 Å². The molecule has 0 saturated carbocycles. The Hall–Kier alpha value is -5.62. The van der Waals surface area contributed by atoms with Gasteiger partial charge in [-0.1, -0.05) is 84.7 Å². The normalized spacial score (nSPS) is 14.6. The molecule has 14 N–H and O–H groups in total. The summed E-state index contributed by atoms with van der Waals surface area (Å²) in [6.45, 7) is 11.0. The molecule has 320 valence electrons. The quantitative estimate of drug-likeness (QED) is 0.0349. The van der Waals surface area contributed by atoms with Crippen LogP contribution in [-0.2, 0) is 35.3 Å². The first-order valence-corrected chi connectivity index (χ1v) is 19.4. The standard InChI is InChI=1S/C38H65N11O8/c1-7-23(5)29(48-32(51)27(17-13-19-44-37(41)42)47-38(56)57-21-25-14-10-9-11-15-25)34(53)46-28(20-22(3)4)33(52)45-26(16-12-18-43-36(39)40)31(50)49-30(35(54)55)24(6)8-2/h9-11,14-15,22-24,26-30H,7-8,12-13,16-21H2,1-6H3,(H,45,52)(H,46,53)(H,47,56)(H,48,51)(H,49,50)(H,54,55)(H4,39,40,43)(H4,41,42,44). The van der Waals surface area contributed by atoms with Crippen molar-refractivity contribution in [3.05, 3.63) is 35.9 Å². The Morgan fingerprint density at radius 1 is 0.649 bits per heavy atom. The molecule has 19 nitrogen and oxygen atoms in total. The van der Waals surface area contributed by atoms with Crippen LogP contribution in [0.2, 0.25) is 0 Å². The maximum absolute atomic E-state index is 14.0. The minimum absolute atomic E-state index is 0.0387. The number of hydrogen-bond donors (Lipinski definition) is 10. The lowest BCUT2D eigenvalue weighted by atomic mass is 9.96. The predicted octanol–water partition coefficient (Wildman–Crippen LogP) is 0.551. The van der Waals surface area contributed by atoms with Gasteiger partial charge in [0.05, 0.1) is 0 Å². The van der Waals surface area contributed by atoms with E-state index in [1.54, 1.807) is 45.0 Å². The Labute approximate surface area is 335 Å². The highest BCUT2D eigenvalue weighted by Crippen LogP contribution is 2.14. The molecule has 1 aromatic rings. The minimum Gasteiger partial charge on any atom is -0.480 e. The first-order chi connectivity index (χ1) is 26.9. The van der Waals surface area contributed by atoms with Gasteiger partial charge < -0.3 is 59.4 Å². The van der Waals surface area contributed by atoms with Gasteiger partial charge in [-0.05, 0) is 55.4 Å². The Morgan fingerprint density at radius 2 is 1.11 bits per heavy atom. The fraction of sp³-hybridized carbons (Fsp3) is 0.632. The van der Waals surface area contributed by atoms with Crippen LogP contribution >= 0.6 is 0 Å². The van der Waals surface area contributed by atoms with Gasteiger partial charge in [-0.2, -0.15) is 0 Å². The van der Waals surface area contributed by atoms with E-state index in [2.05, 4.69) is 36.6 Å². The van der Waals surface area contributed by atoms with Crippen molar-refractivity contribution in [1.82, 2.24) is 26.6 Å². The first kappa shape index (κ1) is 49.4. The summed E-state index contributed by atoms with van der Waals surface area (Å²) in [4.78, 5) is 87.8. The van der Waals surface area contributed by atoms with Crippen LogP contribution in [0.1, 0.15) is 92.1 Å². The van der Waals surface area contributed by atoms with E-state index in [9.17, 15) is 33.9 Å². The largest absolute Gasteiger partial charge is 0.480 e. The number of rotatable bonds is 26. The molecule has 0 saturated heterocycles. The second kappa shape index (κ2) is 26.3. The number of benzene rings is 1. The van der Waals surface area contributed by atoms with E-state index in [1.807, 2.05) is 26.8 Å². The molecule has 0 fully saturated rings. The van der Waals surface area contributed by atoms with Gasteiger partial charge in [-0.3, -0.25) is 29.2 Å². The van der Waals surface area contributed by atoms with Crippen LogP contribution in [0.15, 0.2) is 40.3 Å². The van der Waals surface area contributed by atoms with Gasteiger partial charge >= 0.3 is 12.1 Å². The molecule has 0 heterocycles. The van der Waals surface area contributed by atoms with Crippen molar-refractivity contribution in [2.24, 2.45) is 50.7 Å².